The van der Waals surface area contributed by atoms with Crippen molar-refractivity contribution in [2.75, 3.05) is 6.61 Å². The first-order chi connectivity index (χ1) is 14.2. The lowest BCUT2D eigenvalue weighted by atomic mass is 10.1. The molecule has 1 aromatic heterocycles. The topological polar surface area (TPSA) is 67.2 Å². The number of hydrogen-bond donors (Lipinski definition) is 2. The first-order valence-corrected chi connectivity index (χ1v) is 9.41. The molecular weight excluding hydrogens is 419 g/mol. The second kappa shape index (κ2) is 10.3. The van der Waals surface area contributed by atoms with Crippen LogP contribution in [0.25, 0.3) is 5.69 Å². The fraction of sp³-hybridized carbons (Fsp3) is 0.238. The minimum absolute atomic E-state index is 0.0195. The van der Waals surface area contributed by atoms with E-state index in [1.807, 2.05) is 0 Å². The van der Waals surface area contributed by atoms with Gasteiger partial charge in [0.1, 0.15) is 0 Å². The van der Waals surface area contributed by atoms with Gasteiger partial charge >= 0.3 is 6.18 Å². The Labute approximate surface area is 177 Å². The van der Waals surface area contributed by atoms with Gasteiger partial charge in [0.05, 0.1) is 28.7 Å². The quantitative estimate of drug-likeness (QED) is 0.614. The highest BCUT2D eigenvalue weighted by Crippen LogP contribution is 2.29. The number of nitrogens with zero attached hydrogens (tertiary/aromatic N) is 2. The molecule has 3 aromatic rings. The predicted molar refractivity (Wildman–Crippen MR) is 109 cm³/mol. The van der Waals surface area contributed by atoms with E-state index in [0.29, 0.717) is 21.8 Å². The number of carbonyl (C=O) groups is 1. The zero-order valence-electron chi connectivity index (χ0n) is 16.4. The van der Waals surface area contributed by atoms with Crippen molar-refractivity contribution in [1.82, 2.24) is 15.1 Å². The van der Waals surface area contributed by atoms with Crippen LogP contribution in [0.15, 0.2) is 54.7 Å². The summed E-state index contributed by atoms with van der Waals surface area (Å²) in [7, 11) is 0. The molecule has 0 aliphatic carbocycles. The molecule has 1 amide bonds. The van der Waals surface area contributed by atoms with Crippen molar-refractivity contribution in [3.05, 3.63) is 82.1 Å². The lowest BCUT2D eigenvalue weighted by Gasteiger charge is -2.10. The van der Waals surface area contributed by atoms with Crippen molar-refractivity contribution < 1.29 is 23.1 Å². The van der Waals surface area contributed by atoms with E-state index in [4.69, 9.17) is 16.7 Å². The molecule has 0 atom stereocenters. The summed E-state index contributed by atoms with van der Waals surface area (Å²) in [6, 6.07) is 11.8. The molecule has 0 saturated carbocycles. The van der Waals surface area contributed by atoms with Crippen molar-refractivity contribution in [3.8, 4) is 5.69 Å². The normalized spacial score (nSPS) is 10.9. The maximum atomic E-state index is 12.8. The van der Waals surface area contributed by atoms with Gasteiger partial charge in [-0.05, 0) is 55.8 Å². The molecule has 1 heterocycles. The molecule has 3 rings (SSSR count). The molecule has 2 aromatic carbocycles. The minimum Gasteiger partial charge on any atom is -0.397 e. The average molecular weight is 440 g/mol. The third kappa shape index (κ3) is 6.08. The smallest absolute Gasteiger partial charge is 0.397 e. The van der Waals surface area contributed by atoms with Crippen LogP contribution < -0.4 is 5.32 Å². The van der Waals surface area contributed by atoms with Gasteiger partial charge in [-0.1, -0.05) is 23.7 Å². The summed E-state index contributed by atoms with van der Waals surface area (Å²) in [6.45, 7) is 3.65. The Morgan fingerprint density at radius 2 is 1.83 bits per heavy atom. The Hall–Kier alpha value is -2.84. The minimum atomic E-state index is -4.42. The summed E-state index contributed by atoms with van der Waals surface area (Å²) in [5, 5.41) is 15.0. The number of aromatic nitrogens is 2. The van der Waals surface area contributed by atoms with Crippen LogP contribution in [0.4, 0.5) is 13.2 Å². The Kier molecular flexibility index (Phi) is 8.02. The number of aliphatic hydroxyl groups is 1. The maximum absolute atomic E-state index is 12.8. The lowest BCUT2D eigenvalue weighted by molar-refractivity contribution is -0.137. The van der Waals surface area contributed by atoms with Gasteiger partial charge in [-0.25, -0.2) is 4.68 Å². The number of rotatable bonds is 4. The van der Waals surface area contributed by atoms with Gasteiger partial charge in [0.25, 0.3) is 5.91 Å². The third-order valence-electron chi connectivity index (χ3n) is 4.03. The standard InChI is InChI=1S/C19H15ClF3N3O.C2H6O/c1-12-17(11-25-26(12)16-7-5-15(20)6-8-16)18(27)24-10-13-3-2-4-14(9-13)19(21,22)23;1-2-3/h2-9,11H,10H2,1H3,(H,24,27);3H,2H2,1H3. The highest BCUT2D eigenvalue weighted by molar-refractivity contribution is 6.30. The number of amides is 1. The SMILES string of the molecule is CCO.Cc1c(C(=O)NCc2cccc(C(F)(F)F)c2)cnn1-c1ccc(Cl)cc1. The van der Waals surface area contributed by atoms with Crippen molar-refractivity contribution in [2.45, 2.75) is 26.6 Å². The number of aliphatic hydroxyl groups excluding tert-OH is 1. The Bertz CT molecular complexity index is 986. The van der Waals surface area contributed by atoms with E-state index in [2.05, 4.69) is 10.4 Å². The molecule has 5 nitrogen and oxygen atoms in total. The van der Waals surface area contributed by atoms with Crippen LogP contribution >= 0.6 is 11.6 Å². The zero-order valence-corrected chi connectivity index (χ0v) is 17.1. The molecular formula is C21H21ClF3N3O2. The molecule has 2 N–H and O–H groups in total. The Balaban J connectivity index is 0.00000101. The Morgan fingerprint density at radius 3 is 2.43 bits per heavy atom. The number of benzene rings is 2. The van der Waals surface area contributed by atoms with Gasteiger partial charge in [0.2, 0.25) is 0 Å². The molecule has 0 bridgehead atoms. The number of hydrogen-bond acceptors (Lipinski definition) is 3. The van der Waals surface area contributed by atoms with Crippen LogP contribution in [0.1, 0.15) is 34.1 Å². The van der Waals surface area contributed by atoms with Gasteiger partial charge in [-0.15, -0.1) is 0 Å². The first-order valence-electron chi connectivity index (χ1n) is 9.03. The van der Waals surface area contributed by atoms with Gasteiger partial charge < -0.3 is 10.4 Å². The molecule has 0 unspecified atom stereocenters. The maximum Gasteiger partial charge on any atom is 0.416 e. The molecule has 30 heavy (non-hydrogen) atoms. The predicted octanol–water partition coefficient (Wildman–Crippen LogP) is 4.78. The van der Waals surface area contributed by atoms with Crippen LogP contribution in [0.2, 0.25) is 5.02 Å². The van der Waals surface area contributed by atoms with Crippen LogP contribution in [0.5, 0.6) is 0 Å². The van der Waals surface area contributed by atoms with Crippen molar-refractivity contribution in [1.29, 1.82) is 0 Å². The van der Waals surface area contributed by atoms with E-state index in [1.165, 1.54) is 18.3 Å². The van der Waals surface area contributed by atoms with Gasteiger partial charge in [0.15, 0.2) is 0 Å². The molecule has 160 valence electrons. The van der Waals surface area contributed by atoms with Gasteiger partial charge in [-0.2, -0.15) is 18.3 Å². The van der Waals surface area contributed by atoms with Crippen molar-refractivity contribution in [3.63, 3.8) is 0 Å². The van der Waals surface area contributed by atoms with E-state index in [0.717, 1.165) is 17.8 Å². The summed E-state index contributed by atoms with van der Waals surface area (Å²) in [5.41, 5.74) is 1.31. The van der Waals surface area contributed by atoms with Crippen LogP contribution in [-0.2, 0) is 12.7 Å². The highest BCUT2D eigenvalue weighted by atomic mass is 35.5. The summed E-state index contributed by atoms with van der Waals surface area (Å²) in [6.07, 6.45) is -3.00. The monoisotopic (exact) mass is 439 g/mol. The third-order valence-corrected chi connectivity index (χ3v) is 4.28. The van der Waals surface area contributed by atoms with Crippen LogP contribution in [-0.4, -0.2) is 27.4 Å². The molecule has 0 radical (unpaired) electrons. The van der Waals surface area contributed by atoms with E-state index < -0.39 is 17.6 Å². The molecule has 0 fully saturated rings. The number of alkyl halides is 3. The largest absolute Gasteiger partial charge is 0.416 e. The number of halogens is 4. The average Bonchev–Trinajstić information content (AvgIpc) is 3.08. The lowest BCUT2D eigenvalue weighted by Crippen LogP contribution is -2.23. The Morgan fingerprint density at radius 1 is 1.20 bits per heavy atom. The molecule has 0 aliphatic rings. The molecule has 9 heteroatoms. The molecule has 0 aliphatic heterocycles. The molecule has 0 spiro atoms. The number of carbonyl (C=O) groups excluding carboxylic acids is 1. The van der Waals surface area contributed by atoms with Crippen molar-refractivity contribution >= 4 is 17.5 Å². The highest BCUT2D eigenvalue weighted by Gasteiger charge is 2.30. The molecule has 0 saturated heterocycles. The van der Waals surface area contributed by atoms with Crippen molar-refractivity contribution in [2.24, 2.45) is 0 Å². The summed E-state index contributed by atoms with van der Waals surface area (Å²) in [4.78, 5) is 12.4. The second-order valence-electron chi connectivity index (χ2n) is 6.23. The first kappa shape index (κ1) is 23.4. The fourth-order valence-electron chi connectivity index (χ4n) is 2.61. The second-order valence-corrected chi connectivity index (χ2v) is 6.67. The number of nitrogens with one attached hydrogen (secondary N) is 1. The van der Waals surface area contributed by atoms with E-state index in [9.17, 15) is 18.0 Å². The summed E-state index contributed by atoms with van der Waals surface area (Å²) in [5.74, 6) is -0.412. The van der Waals surface area contributed by atoms with Crippen LogP contribution in [0.3, 0.4) is 0 Å². The zero-order chi connectivity index (χ0) is 22.3. The summed E-state index contributed by atoms with van der Waals surface area (Å²) < 4.78 is 39.9. The van der Waals surface area contributed by atoms with E-state index in [1.54, 1.807) is 42.8 Å². The van der Waals surface area contributed by atoms with E-state index in [-0.39, 0.29) is 13.2 Å². The van der Waals surface area contributed by atoms with E-state index >= 15 is 0 Å². The van der Waals surface area contributed by atoms with Crippen LogP contribution in [0, 0.1) is 6.92 Å². The van der Waals surface area contributed by atoms with Gasteiger partial charge in [0, 0.05) is 18.2 Å². The summed E-state index contributed by atoms with van der Waals surface area (Å²) >= 11 is 5.87. The van der Waals surface area contributed by atoms with Gasteiger partial charge in [-0.3, -0.25) is 4.79 Å². The fourth-order valence-corrected chi connectivity index (χ4v) is 2.74.